The smallest absolute Gasteiger partial charge is 0.260 e. The number of benzene rings is 2. The van der Waals surface area contributed by atoms with Crippen molar-refractivity contribution in [3.05, 3.63) is 52.5 Å². The molecule has 160 valence electrons. The van der Waals surface area contributed by atoms with E-state index in [4.69, 9.17) is 25.8 Å². The third-order valence-electron chi connectivity index (χ3n) is 5.05. The largest absolute Gasteiger partial charge is 0.496 e. The minimum Gasteiger partial charge on any atom is -0.496 e. The lowest BCUT2D eigenvalue weighted by Gasteiger charge is -2.34. The van der Waals surface area contributed by atoms with Crippen LogP contribution in [0.5, 0.6) is 17.2 Å². The molecule has 1 amide bonds. The first-order valence-corrected chi connectivity index (χ1v) is 10.0. The maximum Gasteiger partial charge on any atom is 0.260 e. The van der Waals surface area contributed by atoms with E-state index in [1.165, 1.54) is 19.8 Å². The van der Waals surface area contributed by atoms with Crippen molar-refractivity contribution in [1.29, 1.82) is 0 Å². The molecule has 7 nitrogen and oxygen atoms in total. The van der Waals surface area contributed by atoms with Gasteiger partial charge >= 0.3 is 0 Å². The van der Waals surface area contributed by atoms with Gasteiger partial charge in [-0.2, -0.15) is 0 Å². The van der Waals surface area contributed by atoms with Crippen LogP contribution in [0.2, 0.25) is 5.02 Å². The van der Waals surface area contributed by atoms with Crippen LogP contribution >= 0.6 is 11.6 Å². The van der Waals surface area contributed by atoms with Crippen molar-refractivity contribution in [3.8, 4) is 17.2 Å². The van der Waals surface area contributed by atoms with E-state index in [9.17, 15) is 9.59 Å². The molecule has 0 radical (unpaired) electrons. The zero-order valence-electron chi connectivity index (χ0n) is 17.1. The summed E-state index contributed by atoms with van der Waals surface area (Å²) in [6, 6.07) is 11.0. The third-order valence-corrected chi connectivity index (χ3v) is 5.30. The Morgan fingerprint density at radius 1 is 1.03 bits per heavy atom. The fourth-order valence-electron chi connectivity index (χ4n) is 3.33. The number of hydrogen-bond acceptors (Lipinski definition) is 6. The summed E-state index contributed by atoms with van der Waals surface area (Å²) in [6.45, 7) is 3.47. The Kier molecular flexibility index (Phi) is 7.54. The molecule has 0 bridgehead atoms. The summed E-state index contributed by atoms with van der Waals surface area (Å²) in [5.74, 6) is 0.953. The normalized spacial score (nSPS) is 14.3. The number of rotatable bonds is 8. The summed E-state index contributed by atoms with van der Waals surface area (Å²) < 4.78 is 16.1. The number of amides is 1. The molecule has 30 heavy (non-hydrogen) atoms. The van der Waals surface area contributed by atoms with Crippen LogP contribution < -0.4 is 14.2 Å². The fourth-order valence-corrected chi connectivity index (χ4v) is 3.46. The lowest BCUT2D eigenvalue weighted by molar-refractivity contribution is -0.135. The van der Waals surface area contributed by atoms with Crippen molar-refractivity contribution in [2.24, 2.45) is 0 Å². The second-order valence-electron chi connectivity index (χ2n) is 6.93. The van der Waals surface area contributed by atoms with Gasteiger partial charge in [-0.05, 0) is 17.7 Å². The number of methoxy groups -OCH3 is 2. The van der Waals surface area contributed by atoms with Crippen molar-refractivity contribution in [3.63, 3.8) is 0 Å². The summed E-state index contributed by atoms with van der Waals surface area (Å²) in [6.07, 6.45) is 0.646. The average molecular weight is 433 g/mol. The van der Waals surface area contributed by atoms with Gasteiger partial charge in [0, 0.05) is 49.9 Å². The van der Waals surface area contributed by atoms with E-state index in [1.807, 2.05) is 24.3 Å². The van der Waals surface area contributed by atoms with Crippen LogP contribution in [-0.4, -0.2) is 69.0 Å². The first-order chi connectivity index (χ1) is 14.5. The van der Waals surface area contributed by atoms with Crippen molar-refractivity contribution in [2.45, 2.75) is 6.54 Å². The zero-order chi connectivity index (χ0) is 21.5. The molecular formula is C22H25ClN2O5. The van der Waals surface area contributed by atoms with E-state index in [2.05, 4.69) is 4.90 Å². The number of piperazine rings is 1. The number of carbonyl (C=O) groups is 2. The second kappa shape index (κ2) is 10.3. The van der Waals surface area contributed by atoms with Crippen molar-refractivity contribution >= 4 is 23.8 Å². The molecule has 3 rings (SSSR count). The zero-order valence-corrected chi connectivity index (χ0v) is 17.9. The molecule has 0 atom stereocenters. The molecule has 0 saturated carbocycles. The summed E-state index contributed by atoms with van der Waals surface area (Å²) in [4.78, 5) is 28.1. The molecule has 1 heterocycles. The molecule has 0 aliphatic carbocycles. The maximum absolute atomic E-state index is 12.6. The van der Waals surface area contributed by atoms with Crippen LogP contribution in [0.15, 0.2) is 36.4 Å². The number of carbonyl (C=O) groups excluding carboxylic acids is 2. The van der Waals surface area contributed by atoms with Gasteiger partial charge < -0.3 is 19.1 Å². The van der Waals surface area contributed by atoms with Crippen LogP contribution in [-0.2, 0) is 11.3 Å². The van der Waals surface area contributed by atoms with Crippen molar-refractivity contribution < 1.29 is 23.8 Å². The standard InChI is InChI=1S/C22H25ClN2O5/c1-28-18-11-20(29-2)19(14-26)21(12-18)30-15-22(27)25-9-7-24(8-10-25)13-16-3-5-17(23)6-4-16/h3-6,11-12,14H,7-10,13,15H2,1-2H3. The van der Waals surface area contributed by atoms with Gasteiger partial charge in [0.15, 0.2) is 12.9 Å². The predicted octanol–water partition coefficient (Wildman–Crippen LogP) is 2.89. The highest BCUT2D eigenvalue weighted by Gasteiger charge is 2.22. The lowest BCUT2D eigenvalue weighted by atomic mass is 10.2. The molecule has 0 aromatic heterocycles. The maximum atomic E-state index is 12.6. The summed E-state index contributed by atoms with van der Waals surface area (Å²) in [5.41, 5.74) is 1.44. The number of halogens is 1. The van der Waals surface area contributed by atoms with Gasteiger partial charge in [0.05, 0.1) is 19.8 Å². The molecule has 8 heteroatoms. The van der Waals surface area contributed by atoms with Gasteiger partial charge in [0.2, 0.25) is 0 Å². The Morgan fingerprint density at radius 2 is 1.70 bits per heavy atom. The van der Waals surface area contributed by atoms with Crippen LogP contribution in [0.25, 0.3) is 0 Å². The molecule has 2 aromatic carbocycles. The average Bonchev–Trinajstić information content (AvgIpc) is 2.78. The number of nitrogens with zero attached hydrogens (tertiary/aromatic N) is 2. The molecule has 1 aliphatic rings. The van der Waals surface area contributed by atoms with E-state index >= 15 is 0 Å². The third kappa shape index (κ3) is 5.43. The fraction of sp³-hybridized carbons (Fsp3) is 0.364. The van der Waals surface area contributed by atoms with Crippen molar-refractivity contribution in [1.82, 2.24) is 9.80 Å². The lowest BCUT2D eigenvalue weighted by Crippen LogP contribution is -2.49. The van der Waals surface area contributed by atoms with E-state index in [0.717, 1.165) is 24.7 Å². The minimum absolute atomic E-state index is 0.125. The Balaban J connectivity index is 1.54. The highest BCUT2D eigenvalue weighted by atomic mass is 35.5. The van der Waals surface area contributed by atoms with Gasteiger partial charge in [0.1, 0.15) is 17.2 Å². The van der Waals surface area contributed by atoms with Crippen LogP contribution in [0.1, 0.15) is 15.9 Å². The molecular weight excluding hydrogens is 408 g/mol. The molecule has 1 saturated heterocycles. The summed E-state index contributed by atoms with van der Waals surface area (Å²) >= 11 is 5.93. The molecule has 0 unspecified atom stereocenters. The SMILES string of the molecule is COc1cc(OC)c(C=O)c(OCC(=O)N2CCN(Cc3ccc(Cl)cc3)CC2)c1. The molecule has 0 N–H and O–H groups in total. The quantitative estimate of drug-likeness (QED) is 0.597. The predicted molar refractivity (Wildman–Crippen MR) is 114 cm³/mol. The topological polar surface area (TPSA) is 68.3 Å². The Labute approximate surface area is 181 Å². The summed E-state index contributed by atoms with van der Waals surface area (Å²) in [7, 11) is 2.97. The monoisotopic (exact) mass is 432 g/mol. The molecule has 2 aromatic rings. The van der Waals surface area contributed by atoms with Crippen LogP contribution in [0.3, 0.4) is 0 Å². The minimum atomic E-state index is -0.158. The van der Waals surface area contributed by atoms with Crippen molar-refractivity contribution in [2.75, 3.05) is 47.0 Å². The van der Waals surface area contributed by atoms with Gasteiger partial charge in [-0.3, -0.25) is 14.5 Å². The van der Waals surface area contributed by atoms with Crippen LogP contribution in [0.4, 0.5) is 0 Å². The van der Waals surface area contributed by atoms with E-state index in [-0.39, 0.29) is 23.8 Å². The van der Waals surface area contributed by atoms with E-state index in [1.54, 1.807) is 17.0 Å². The highest BCUT2D eigenvalue weighted by molar-refractivity contribution is 6.30. The Bertz CT molecular complexity index is 880. The number of aldehydes is 1. The molecule has 1 fully saturated rings. The van der Waals surface area contributed by atoms with Crippen LogP contribution in [0, 0.1) is 0 Å². The van der Waals surface area contributed by atoms with Gasteiger partial charge in [-0.15, -0.1) is 0 Å². The van der Waals surface area contributed by atoms with Gasteiger partial charge in [0.25, 0.3) is 5.91 Å². The van der Waals surface area contributed by atoms with Gasteiger partial charge in [-0.25, -0.2) is 0 Å². The molecule has 1 aliphatic heterocycles. The first-order valence-electron chi connectivity index (χ1n) is 9.62. The first kappa shape index (κ1) is 21.9. The summed E-state index contributed by atoms with van der Waals surface area (Å²) in [5, 5.41) is 0.723. The number of hydrogen-bond donors (Lipinski definition) is 0. The van der Waals surface area contributed by atoms with E-state index < -0.39 is 0 Å². The van der Waals surface area contributed by atoms with E-state index in [0.29, 0.717) is 30.9 Å². The van der Waals surface area contributed by atoms with Gasteiger partial charge in [-0.1, -0.05) is 23.7 Å². The highest BCUT2D eigenvalue weighted by Crippen LogP contribution is 2.32. The number of ether oxygens (including phenoxy) is 3. The second-order valence-corrected chi connectivity index (χ2v) is 7.37. The molecule has 0 spiro atoms. The Hall–Kier alpha value is -2.77. The Morgan fingerprint density at radius 3 is 2.30 bits per heavy atom.